The summed E-state index contributed by atoms with van der Waals surface area (Å²) in [5.74, 6) is 0.454. The molecule has 0 bridgehead atoms. The highest BCUT2D eigenvalue weighted by molar-refractivity contribution is 7.93. The molecule has 0 aliphatic carbocycles. The molecule has 2 aromatic heterocycles. The fourth-order valence-electron chi connectivity index (χ4n) is 2.18. The first-order valence-corrected chi connectivity index (χ1v) is 9.25. The second-order valence-electron chi connectivity index (χ2n) is 4.91. The van der Waals surface area contributed by atoms with Crippen LogP contribution in [-0.4, -0.2) is 37.4 Å². The molecule has 0 atom stereocenters. The zero-order chi connectivity index (χ0) is 17.2. The Morgan fingerprint density at radius 2 is 2.00 bits per heavy atom. The Morgan fingerprint density at radius 1 is 1.17 bits per heavy atom. The van der Waals surface area contributed by atoms with Gasteiger partial charge in [-0.15, -0.1) is 11.3 Å². The summed E-state index contributed by atoms with van der Waals surface area (Å²) in [7, 11) is -0.565. The molecular weight excluding hydrogens is 350 g/mol. The van der Waals surface area contributed by atoms with Crippen molar-refractivity contribution in [3.05, 3.63) is 42.3 Å². The number of ether oxygens (including phenoxy) is 2. The van der Waals surface area contributed by atoms with E-state index in [1.54, 1.807) is 36.3 Å². The van der Waals surface area contributed by atoms with Gasteiger partial charge in [-0.3, -0.25) is 4.98 Å². The van der Waals surface area contributed by atoms with Crippen LogP contribution in [0.1, 0.15) is 0 Å². The zero-order valence-corrected chi connectivity index (χ0v) is 14.7. The lowest BCUT2D eigenvalue weighted by atomic mass is 10.1. The number of hydrogen-bond acceptors (Lipinski definition) is 7. The third-order valence-corrected chi connectivity index (χ3v) is 6.33. The smallest absolute Gasteiger partial charge is 0.217 e. The van der Waals surface area contributed by atoms with E-state index in [0.717, 1.165) is 16.9 Å². The van der Waals surface area contributed by atoms with Gasteiger partial charge in [-0.05, 0) is 23.8 Å². The lowest BCUT2D eigenvalue weighted by Crippen LogP contribution is -2.01. The molecule has 0 N–H and O–H groups in total. The topological polar surface area (TPSA) is 83.3 Å². The summed E-state index contributed by atoms with van der Waals surface area (Å²) in [5, 5.41) is 4.17. The first-order valence-electron chi connectivity index (χ1n) is 6.89. The van der Waals surface area contributed by atoms with Crippen LogP contribution in [-0.2, 0) is 21.3 Å². The highest BCUT2D eigenvalue weighted by Crippen LogP contribution is 2.32. The first kappa shape index (κ1) is 16.6. The molecule has 24 heavy (non-hydrogen) atoms. The maximum absolute atomic E-state index is 12.7. The Bertz CT molecular complexity index is 934. The molecule has 0 radical (unpaired) electrons. The van der Waals surface area contributed by atoms with Crippen LogP contribution < -0.4 is 4.74 Å². The largest absolute Gasteiger partial charge is 0.497 e. The van der Waals surface area contributed by atoms with Crippen LogP contribution in [0.3, 0.4) is 0 Å². The van der Waals surface area contributed by atoms with Crippen molar-refractivity contribution < 1.29 is 17.9 Å². The van der Waals surface area contributed by atoms with Crippen molar-refractivity contribution in [1.29, 1.82) is 0 Å². The van der Waals surface area contributed by atoms with E-state index in [4.69, 9.17) is 9.47 Å². The first-order chi connectivity index (χ1) is 11.5. The van der Waals surface area contributed by atoms with Crippen LogP contribution in [0.2, 0.25) is 0 Å². The van der Waals surface area contributed by atoms with E-state index in [1.165, 1.54) is 24.9 Å². The minimum Gasteiger partial charge on any atom is -0.497 e. The number of benzene rings is 1. The Hall–Kier alpha value is -2.23. The Morgan fingerprint density at radius 3 is 2.67 bits per heavy atom. The molecule has 9 heteroatoms. The Labute approximate surface area is 143 Å². The Balaban J connectivity index is 2.08. The summed E-state index contributed by atoms with van der Waals surface area (Å²) in [6.45, 7) is 0.315. The fraction of sp³-hybridized carbons (Fsp3) is 0.200. The van der Waals surface area contributed by atoms with Crippen LogP contribution in [0.4, 0.5) is 0 Å². The number of sulfone groups is 1. The van der Waals surface area contributed by atoms with Gasteiger partial charge in [-0.2, -0.15) is 5.10 Å². The van der Waals surface area contributed by atoms with Gasteiger partial charge in [0.25, 0.3) is 0 Å². The van der Waals surface area contributed by atoms with Crippen molar-refractivity contribution in [2.75, 3.05) is 14.2 Å². The second-order valence-corrected chi connectivity index (χ2v) is 7.97. The molecule has 0 saturated heterocycles. The summed E-state index contributed by atoms with van der Waals surface area (Å²) in [4.78, 5) is 4.00. The molecular formula is C15H15N3O4S2. The van der Waals surface area contributed by atoms with Gasteiger partial charge >= 0.3 is 0 Å². The van der Waals surface area contributed by atoms with Gasteiger partial charge in [-0.25, -0.2) is 13.1 Å². The molecule has 0 fully saturated rings. The van der Waals surface area contributed by atoms with Crippen molar-refractivity contribution in [3.63, 3.8) is 0 Å². The van der Waals surface area contributed by atoms with E-state index in [2.05, 4.69) is 10.1 Å². The molecule has 7 nitrogen and oxygen atoms in total. The SMILES string of the molecule is COCn1cc(-c2cc(OC)cc(S(=O)(=O)c3cncs3)c2)cn1. The van der Waals surface area contributed by atoms with Crippen LogP contribution in [0, 0.1) is 0 Å². The van der Waals surface area contributed by atoms with Crippen LogP contribution >= 0.6 is 11.3 Å². The van der Waals surface area contributed by atoms with Gasteiger partial charge in [0.2, 0.25) is 9.84 Å². The number of nitrogens with zero attached hydrogens (tertiary/aromatic N) is 3. The van der Waals surface area contributed by atoms with Gasteiger partial charge in [0.1, 0.15) is 16.7 Å². The van der Waals surface area contributed by atoms with Gasteiger partial charge in [0, 0.05) is 18.9 Å². The van der Waals surface area contributed by atoms with Crippen LogP contribution in [0.15, 0.2) is 51.4 Å². The fourth-order valence-corrected chi connectivity index (χ4v) is 4.44. The maximum atomic E-state index is 12.7. The number of thiazole rings is 1. The lowest BCUT2D eigenvalue weighted by Gasteiger charge is -2.08. The van der Waals surface area contributed by atoms with E-state index in [0.29, 0.717) is 18.0 Å². The third-order valence-electron chi connectivity index (χ3n) is 3.33. The normalized spacial score (nSPS) is 11.6. The van der Waals surface area contributed by atoms with Gasteiger partial charge in [0.15, 0.2) is 0 Å². The summed E-state index contributed by atoms with van der Waals surface area (Å²) in [5.41, 5.74) is 2.95. The minimum atomic E-state index is -3.64. The van der Waals surface area contributed by atoms with Crippen LogP contribution in [0.5, 0.6) is 5.75 Å². The van der Waals surface area contributed by atoms with Crippen molar-refractivity contribution in [3.8, 4) is 16.9 Å². The molecule has 3 aromatic rings. The summed E-state index contributed by atoms with van der Waals surface area (Å²) in [6, 6.07) is 4.86. The molecule has 2 heterocycles. The summed E-state index contributed by atoms with van der Waals surface area (Å²) in [6.07, 6.45) is 4.77. The van der Waals surface area contributed by atoms with E-state index in [-0.39, 0.29) is 9.10 Å². The molecule has 0 unspecified atom stereocenters. The monoisotopic (exact) mass is 365 g/mol. The predicted molar refractivity (Wildman–Crippen MR) is 88.8 cm³/mol. The molecule has 0 spiro atoms. The minimum absolute atomic E-state index is 0.153. The number of aromatic nitrogens is 3. The quantitative estimate of drug-likeness (QED) is 0.667. The Kier molecular flexibility index (Phi) is 4.65. The molecule has 1 aromatic carbocycles. The summed E-state index contributed by atoms with van der Waals surface area (Å²) < 4.78 is 37.5. The van der Waals surface area contributed by atoms with E-state index in [9.17, 15) is 8.42 Å². The number of hydrogen-bond donors (Lipinski definition) is 0. The van der Waals surface area contributed by atoms with E-state index < -0.39 is 9.84 Å². The molecule has 0 aliphatic rings. The van der Waals surface area contributed by atoms with Crippen molar-refractivity contribution in [2.24, 2.45) is 0 Å². The third kappa shape index (κ3) is 3.18. The van der Waals surface area contributed by atoms with E-state index >= 15 is 0 Å². The highest BCUT2D eigenvalue weighted by Gasteiger charge is 2.21. The molecule has 0 amide bonds. The van der Waals surface area contributed by atoms with Crippen LogP contribution in [0.25, 0.3) is 11.1 Å². The average molecular weight is 365 g/mol. The van der Waals surface area contributed by atoms with Gasteiger partial charge < -0.3 is 9.47 Å². The molecule has 3 rings (SSSR count). The highest BCUT2D eigenvalue weighted by atomic mass is 32.2. The maximum Gasteiger partial charge on any atom is 0.217 e. The molecule has 0 aliphatic heterocycles. The van der Waals surface area contributed by atoms with Gasteiger partial charge in [0.05, 0.1) is 29.9 Å². The van der Waals surface area contributed by atoms with Crippen molar-refractivity contribution in [1.82, 2.24) is 14.8 Å². The second kappa shape index (κ2) is 6.71. The van der Waals surface area contributed by atoms with E-state index in [1.807, 2.05) is 0 Å². The molecule has 0 saturated carbocycles. The van der Waals surface area contributed by atoms with Crippen molar-refractivity contribution in [2.45, 2.75) is 15.8 Å². The number of rotatable bonds is 6. The zero-order valence-electron chi connectivity index (χ0n) is 13.0. The van der Waals surface area contributed by atoms with Gasteiger partial charge in [-0.1, -0.05) is 0 Å². The summed E-state index contributed by atoms with van der Waals surface area (Å²) >= 11 is 1.08. The predicted octanol–water partition coefficient (Wildman–Crippen LogP) is 2.45. The lowest BCUT2D eigenvalue weighted by molar-refractivity contribution is 0.120. The average Bonchev–Trinajstić information content (AvgIpc) is 3.26. The standard InChI is InChI=1S/C15H15N3O4S2/c1-21-10-18-8-12(6-17-18)11-3-13(22-2)5-14(4-11)24(19,20)15-7-16-9-23-15/h3-9H,10H2,1-2H3. The van der Waals surface area contributed by atoms with Crippen molar-refractivity contribution >= 4 is 21.2 Å². The number of methoxy groups -OCH3 is 2. The molecule has 126 valence electrons.